The van der Waals surface area contributed by atoms with Crippen molar-refractivity contribution in [1.29, 1.82) is 0 Å². The summed E-state index contributed by atoms with van der Waals surface area (Å²) in [6, 6.07) is 28.7. The van der Waals surface area contributed by atoms with E-state index in [2.05, 4.69) is 4.98 Å². The van der Waals surface area contributed by atoms with Crippen LogP contribution in [-0.2, 0) is 36.8 Å². The van der Waals surface area contributed by atoms with Gasteiger partial charge in [-0.15, -0.1) is 0 Å². The molecule has 0 aliphatic heterocycles. The van der Waals surface area contributed by atoms with Gasteiger partial charge >= 0.3 is 12.1 Å². The van der Waals surface area contributed by atoms with Crippen molar-refractivity contribution in [2.75, 3.05) is 0 Å². The maximum absolute atomic E-state index is 13.8. The van der Waals surface area contributed by atoms with Crippen molar-refractivity contribution in [2.45, 2.75) is 32.0 Å². The number of aliphatic carboxylic acids is 1. The number of rotatable bonds is 9. The first-order valence-electron chi connectivity index (χ1n) is 12.8. The first-order chi connectivity index (χ1) is 19.3. The van der Waals surface area contributed by atoms with Crippen molar-refractivity contribution >= 4 is 16.9 Å². The molecule has 0 aliphatic carbocycles. The van der Waals surface area contributed by atoms with E-state index in [1.807, 2.05) is 60.7 Å². The molecule has 0 amide bonds. The number of aromatic nitrogens is 1. The third-order valence-corrected chi connectivity index (χ3v) is 6.67. The zero-order valence-electron chi connectivity index (χ0n) is 21.5. The lowest BCUT2D eigenvalue weighted by Gasteiger charge is -2.17. The van der Waals surface area contributed by atoms with Crippen LogP contribution in [-0.4, -0.2) is 16.1 Å². The summed E-state index contributed by atoms with van der Waals surface area (Å²) in [7, 11) is 0. The summed E-state index contributed by atoms with van der Waals surface area (Å²) in [5.74, 6) is -0.288. The Morgan fingerprint density at radius 3 is 2.25 bits per heavy atom. The Balaban J connectivity index is 1.46. The number of alkyl halides is 3. The number of carboxylic acids is 1. The minimum absolute atomic E-state index is 0.0598. The van der Waals surface area contributed by atoms with Gasteiger partial charge in [-0.25, -0.2) is 0 Å². The van der Waals surface area contributed by atoms with Gasteiger partial charge in [0.2, 0.25) is 0 Å². The molecule has 0 atom stereocenters. The van der Waals surface area contributed by atoms with Crippen LogP contribution in [0.4, 0.5) is 13.2 Å². The lowest BCUT2D eigenvalue weighted by molar-refractivity contribution is -0.137. The number of pyridine rings is 1. The van der Waals surface area contributed by atoms with Crippen molar-refractivity contribution < 1.29 is 27.8 Å². The van der Waals surface area contributed by atoms with E-state index in [-0.39, 0.29) is 18.5 Å². The minimum Gasteiger partial charge on any atom is -0.489 e. The van der Waals surface area contributed by atoms with Gasteiger partial charge in [0.15, 0.2) is 0 Å². The fraction of sp³-hybridized carbons (Fsp3) is 0.152. The summed E-state index contributed by atoms with van der Waals surface area (Å²) in [4.78, 5) is 15.3. The van der Waals surface area contributed by atoms with E-state index in [4.69, 9.17) is 9.84 Å². The standard InChI is InChI=1S/C33H26F3NO3/c34-33(35,36)30-14-6-13-28-29(26(20-37-32(28)30)16-22-7-2-1-3-8-22)18-24-10-5-12-27(17-24)40-21-25-11-4-9-23(15-25)19-31(38)39/h1-15,17,20H,16,18-19,21H2,(H,38,39). The van der Waals surface area contributed by atoms with Gasteiger partial charge in [0, 0.05) is 11.6 Å². The minimum atomic E-state index is -4.51. The maximum atomic E-state index is 13.8. The molecule has 202 valence electrons. The van der Waals surface area contributed by atoms with E-state index >= 15 is 0 Å². The Hall–Kier alpha value is -4.65. The van der Waals surface area contributed by atoms with Crippen LogP contribution in [0.5, 0.6) is 5.75 Å². The number of nitrogens with zero attached hydrogens (tertiary/aromatic N) is 1. The zero-order chi connectivity index (χ0) is 28.1. The van der Waals surface area contributed by atoms with Gasteiger partial charge in [0.05, 0.1) is 17.5 Å². The van der Waals surface area contributed by atoms with Crippen LogP contribution in [0.1, 0.15) is 38.9 Å². The third-order valence-electron chi connectivity index (χ3n) is 6.67. The number of fused-ring (bicyclic) bond motifs is 1. The van der Waals surface area contributed by atoms with E-state index in [1.165, 1.54) is 6.07 Å². The highest BCUT2D eigenvalue weighted by molar-refractivity contribution is 5.86. The molecule has 1 aromatic heterocycles. The Bertz CT molecular complexity index is 1650. The largest absolute Gasteiger partial charge is 0.489 e. The summed E-state index contributed by atoms with van der Waals surface area (Å²) in [5.41, 5.74) is 4.30. The smallest absolute Gasteiger partial charge is 0.418 e. The highest BCUT2D eigenvalue weighted by Crippen LogP contribution is 2.36. The van der Waals surface area contributed by atoms with Crippen LogP contribution >= 0.6 is 0 Å². The first kappa shape index (κ1) is 26.9. The molecule has 40 heavy (non-hydrogen) atoms. The summed E-state index contributed by atoms with van der Waals surface area (Å²) in [6.45, 7) is 0.253. The Morgan fingerprint density at radius 1 is 0.775 bits per heavy atom. The number of ether oxygens (including phenoxy) is 1. The van der Waals surface area contributed by atoms with Crippen molar-refractivity contribution in [2.24, 2.45) is 0 Å². The zero-order valence-corrected chi connectivity index (χ0v) is 21.5. The lowest BCUT2D eigenvalue weighted by atomic mass is 9.92. The second-order valence-corrected chi connectivity index (χ2v) is 9.63. The molecule has 0 bridgehead atoms. The quantitative estimate of drug-likeness (QED) is 0.208. The average Bonchev–Trinajstić information content (AvgIpc) is 2.93. The SMILES string of the molecule is O=C(O)Cc1cccc(COc2cccc(Cc3c(Cc4ccccc4)cnc4c(C(F)(F)F)cccc34)c2)c1. The van der Waals surface area contributed by atoms with E-state index in [0.29, 0.717) is 29.5 Å². The summed E-state index contributed by atoms with van der Waals surface area (Å²) in [6.07, 6.45) is -2.08. The van der Waals surface area contributed by atoms with Crippen LogP contribution < -0.4 is 4.74 Å². The van der Waals surface area contributed by atoms with E-state index in [0.717, 1.165) is 33.9 Å². The number of para-hydroxylation sites is 1. The molecular weight excluding hydrogens is 515 g/mol. The Morgan fingerprint density at radius 2 is 1.48 bits per heavy atom. The molecule has 5 rings (SSSR count). The number of halogens is 3. The predicted molar refractivity (Wildman–Crippen MR) is 147 cm³/mol. The second kappa shape index (κ2) is 11.6. The topological polar surface area (TPSA) is 59.4 Å². The molecular formula is C33H26F3NO3. The molecule has 0 fully saturated rings. The van der Waals surface area contributed by atoms with E-state index in [1.54, 1.807) is 30.5 Å². The Kier molecular flexibility index (Phi) is 7.82. The molecule has 5 aromatic rings. The molecule has 7 heteroatoms. The molecule has 0 unspecified atom stereocenters. The Labute approximate surface area is 229 Å². The molecule has 1 N–H and O–H groups in total. The fourth-order valence-corrected chi connectivity index (χ4v) is 4.85. The fourth-order valence-electron chi connectivity index (χ4n) is 4.85. The first-order valence-corrected chi connectivity index (χ1v) is 12.8. The van der Waals surface area contributed by atoms with Crippen LogP contribution in [0, 0.1) is 0 Å². The monoisotopic (exact) mass is 541 g/mol. The number of benzene rings is 4. The molecule has 0 saturated carbocycles. The van der Waals surface area contributed by atoms with Gasteiger partial charge < -0.3 is 9.84 Å². The molecule has 0 spiro atoms. The number of carbonyl (C=O) groups is 1. The molecule has 4 aromatic carbocycles. The molecule has 0 radical (unpaired) electrons. The van der Waals surface area contributed by atoms with Crippen molar-refractivity contribution in [1.82, 2.24) is 4.98 Å². The van der Waals surface area contributed by atoms with Gasteiger partial charge in [-0.3, -0.25) is 9.78 Å². The molecule has 1 heterocycles. The van der Waals surface area contributed by atoms with Gasteiger partial charge in [0.25, 0.3) is 0 Å². The van der Waals surface area contributed by atoms with Crippen LogP contribution in [0.2, 0.25) is 0 Å². The molecule has 0 aliphatic rings. The summed E-state index contributed by atoms with van der Waals surface area (Å²) >= 11 is 0. The van der Waals surface area contributed by atoms with Crippen LogP contribution in [0.15, 0.2) is 103 Å². The molecule has 0 saturated heterocycles. The number of hydrogen-bond donors (Lipinski definition) is 1. The highest BCUT2D eigenvalue weighted by atomic mass is 19.4. The highest BCUT2D eigenvalue weighted by Gasteiger charge is 2.33. The summed E-state index contributed by atoms with van der Waals surface area (Å²) in [5, 5.41) is 9.53. The van der Waals surface area contributed by atoms with E-state index < -0.39 is 17.7 Å². The average molecular weight is 542 g/mol. The lowest BCUT2D eigenvalue weighted by Crippen LogP contribution is -2.08. The number of carboxylic acid groups (broad SMARTS) is 1. The van der Waals surface area contributed by atoms with Gasteiger partial charge in [-0.2, -0.15) is 13.2 Å². The third kappa shape index (κ3) is 6.49. The number of hydrogen-bond acceptors (Lipinski definition) is 3. The van der Waals surface area contributed by atoms with Crippen LogP contribution in [0.3, 0.4) is 0 Å². The summed E-state index contributed by atoms with van der Waals surface area (Å²) < 4.78 is 47.4. The van der Waals surface area contributed by atoms with Crippen molar-refractivity contribution in [3.05, 3.63) is 142 Å². The predicted octanol–water partition coefficient (Wildman–Crippen LogP) is 7.64. The van der Waals surface area contributed by atoms with Gasteiger partial charge in [-0.1, -0.05) is 78.9 Å². The van der Waals surface area contributed by atoms with Gasteiger partial charge in [0.1, 0.15) is 12.4 Å². The van der Waals surface area contributed by atoms with Crippen LogP contribution in [0.25, 0.3) is 10.9 Å². The maximum Gasteiger partial charge on any atom is 0.418 e. The van der Waals surface area contributed by atoms with E-state index in [9.17, 15) is 18.0 Å². The second-order valence-electron chi connectivity index (χ2n) is 9.63. The normalized spacial score (nSPS) is 11.5. The van der Waals surface area contributed by atoms with Gasteiger partial charge in [-0.05, 0) is 64.4 Å². The van der Waals surface area contributed by atoms with Crippen molar-refractivity contribution in [3.8, 4) is 5.75 Å². The molecule has 4 nitrogen and oxygen atoms in total. The van der Waals surface area contributed by atoms with Crippen molar-refractivity contribution in [3.63, 3.8) is 0 Å².